The maximum Gasteiger partial charge on any atom is 0.485 e. The second-order valence-corrected chi connectivity index (χ2v) is 17.7. The Labute approximate surface area is 337 Å². The lowest BCUT2D eigenvalue weighted by Crippen LogP contribution is -2.43. The highest BCUT2D eigenvalue weighted by atomic mass is 32.2. The number of nitrogens with zero attached hydrogens (tertiary/aromatic N) is 3. The molecule has 9 rings (SSSR count). The zero-order valence-electron chi connectivity index (χ0n) is 32.0. The van der Waals surface area contributed by atoms with Crippen LogP contribution in [0.1, 0.15) is 57.3 Å². The molecule has 0 atom stereocenters. The molecule has 0 aliphatic carbocycles. The highest BCUT2D eigenvalue weighted by molar-refractivity contribution is 7.86. The van der Waals surface area contributed by atoms with Crippen molar-refractivity contribution in [3.63, 3.8) is 0 Å². The van der Waals surface area contributed by atoms with Gasteiger partial charge in [-0.15, -0.1) is 0 Å². The summed E-state index contributed by atoms with van der Waals surface area (Å²) in [7, 11) is -12.2. The fourth-order valence-electron chi connectivity index (χ4n) is 8.66. The summed E-state index contributed by atoms with van der Waals surface area (Å²) in [6.45, 7) is 9.25. The summed E-state index contributed by atoms with van der Waals surface area (Å²) in [5.41, 5.74) is 7.75. The van der Waals surface area contributed by atoms with Crippen LogP contribution in [0.5, 0.6) is 0 Å². The molecule has 17 heteroatoms. The predicted molar refractivity (Wildman–Crippen MR) is 208 cm³/mol. The van der Waals surface area contributed by atoms with E-state index in [1.165, 1.54) is 99.9 Å². The second kappa shape index (κ2) is 15.6. The van der Waals surface area contributed by atoms with Gasteiger partial charge in [0.25, 0.3) is 0 Å². The van der Waals surface area contributed by atoms with E-state index in [0.29, 0.717) is 0 Å². The number of alkyl halides is 6. The van der Waals surface area contributed by atoms with Crippen LogP contribution in [0.2, 0.25) is 0 Å². The number of rotatable bonds is 2. The summed E-state index contributed by atoms with van der Waals surface area (Å²) in [5.74, 6) is 0. The molecule has 4 aliphatic rings. The highest BCUT2D eigenvalue weighted by Gasteiger charge is 2.39. The number of pyridine rings is 2. The summed E-state index contributed by atoms with van der Waals surface area (Å²) in [4.78, 5) is 2.63. The molecular weight excluding hydrogens is 821 g/mol. The third-order valence-corrected chi connectivity index (χ3v) is 12.5. The normalized spacial score (nSPS) is 15.8. The largest absolute Gasteiger partial charge is 0.741 e. The molecule has 2 aromatic heterocycles. The highest BCUT2D eigenvalue weighted by Crippen LogP contribution is 2.45. The Balaban J connectivity index is 0.000000281. The summed E-state index contributed by atoms with van der Waals surface area (Å²) < 4.78 is 123. The predicted octanol–water partition coefficient (Wildman–Crippen LogP) is 7.45. The van der Waals surface area contributed by atoms with Crippen molar-refractivity contribution in [1.29, 1.82) is 0 Å². The molecule has 4 aliphatic heterocycles. The number of aryl methyl sites for hydroxylation is 4. The first kappa shape index (κ1) is 42.3. The van der Waals surface area contributed by atoms with Crippen molar-refractivity contribution in [2.75, 3.05) is 18.0 Å². The van der Waals surface area contributed by atoms with E-state index in [2.05, 4.69) is 107 Å². The molecule has 0 radical (unpaired) electrons. The van der Waals surface area contributed by atoms with E-state index < -0.39 is 31.3 Å². The van der Waals surface area contributed by atoms with Gasteiger partial charge < -0.3 is 14.0 Å². The molecule has 9 nitrogen and oxygen atoms in total. The van der Waals surface area contributed by atoms with E-state index in [-0.39, 0.29) is 0 Å². The smallest absolute Gasteiger partial charge is 0.485 e. The van der Waals surface area contributed by atoms with Crippen LogP contribution in [-0.2, 0) is 59.0 Å². The molecule has 5 aromatic rings. The van der Waals surface area contributed by atoms with E-state index in [9.17, 15) is 26.3 Å². The summed E-state index contributed by atoms with van der Waals surface area (Å²) in [6.07, 6.45) is 16.5. The van der Waals surface area contributed by atoms with Crippen LogP contribution in [0, 0.1) is 13.8 Å². The van der Waals surface area contributed by atoms with Crippen molar-refractivity contribution >= 4 is 48.8 Å². The Morgan fingerprint density at radius 3 is 1.75 bits per heavy atom. The standard InChI is InChI=1S/C40H39N3.2CHF3O3S/c1-26-27(2)34-16-22-43-20-14-30-7-3-4-10-35(30)40(43)38(34)37-33(26)15-21-41-19-13-28(25-36(37)41)11-12-29-23-31-8-5-17-42-18-6-9-32(24-29)39(31)42;2*2-1(3,4)8(5,6)7/h3-4,7,10-14,19-20,23-25H,5-6,8-9,15-18,21-22H2,1-2H3;2*(H,5,6,7)/q+2;;/p-2. The second-order valence-electron chi connectivity index (χ2n) is 15.0. The van der Waals surface area contributed by atoms with Gasteiger partial charge in [-0.1, -0.05) is 30.4 Å². The molecule has 59 heavy (non-hydrogen) atoms. The molecule has 0 spiro atoms. The van der Waals surface area contributed by atoms with E-state index in [1.807, 2.05) is 0 Å². The van der Waals surface area contributed by atoms with Gasteiger partial charge in [-0.2, -0.15) is 35.5 Å². The lowest BCUT2D eigenvalue weighted by atomic mass is 9.79. The monoisotopic (exact) mass is 859 g/mol. The minimum Gasteiger partial charge on any atom is -0.741 e. The number of hydrogen-bond donors (Lipinski definition) is 0. The van der Waals surface area contributed by atoms with Crippen molar-refractivity contribution < 1.29 is 61.4 Å². The van der Waals surface area contributed by atoms with Gasteiger partial charge in [0.15, 0.2) is 45.7 Å². The van der Waals surface area contributed by atoms with Crippen LogP contribution < -0.4 is 14.0 Å². The maximum absolute atomic E-state index is 10.7. The van der Waals surface area contributed by atoms with Crippen molar-refractivity contribution in [3.05, 3.63) is 111 Å². The van der Waals surface area contributed by atoms with Crippen molar-refractivity contribution in [3.8, 4) is 22.5 Å². The Morgan fingerprint density at radius 1 is 0.661 bits per heavy atom. The van der Waals surface area contributed by atoms with Crippen LogP contribution >= 0.6 is 0 Å². The van der Waals surface area contributed by atoms with Gasteiger partial charge in [-0.3, -0.25) is 0 Å². The first-order valence-corrected chi connectivity index (χ1v) is 21.7. The molecule has 0 unspecified atom stereocenters. The zero-order valence-corrected chi connectivity index (χ0v) is 33.6. The summed E-state index contributed by atoms with van der Waals surface area (Å²) in [5, 5.41) is 2.68. The van der Waals surface area contributed by atoms with E-state index in [0.717, 1.165) is 25.9 Å². The summed E-state index contributed by atoms with van der Waals surface area (Å²) >= 11 is 0. The van der Waals surface area contributed by atoms with Crippen molar-refractivity contribution in [2.24, 2.45) is 0 Å². The Hall–Kier alpha value is -4.84. The average molecular weight is 860 g/mol. The van der Waals surface area contributed by atoms with Crippen LogP contribution in [-0.4, -0.2) is 50.0 Å². The Bertz CT molecular complexity index is 2680. The number of anilines is 1. The Morgan fingerprint density at radius 2 is 1.17 bits per heavy atom. The van der Waals surface area contributed by atoms with Crippen molar-refractivity contribution in [1.82, 2.24) is 0 Å². The molecule has 0 saturated carbocycles. The molecule has 312 valence electrons. The minimum absolute atomic E-state index is 1.03. The number of benzene rings is 3. The topological polar surface area (TPSA) is 125 Å². The lowest BCUT2D eigenvalue weighted by Gasteiger charge is -2.37. The third-order valence-electron chi connectivity index (χ3n) is 11.4. The van der Waals surface area contributed by atoms with Crippen LogP contribution in [0.3, 0.4) is 0 Å². The number of halogens is 6. The molecule has 0 saturated heterocycles. The van der Waals surface area contributed by atoms with Gasteiger partial charge in [0.2, 0.25) is 11.4 Å². The fourth-order valence-corrected chi connectivity index (χ4v) is 8.66. The molecular formula is C42H39F6N3O6S2. The first-order valence-electron chi connectivity index (χ1n) is 18.9. The fraction of sp³-hybridized carbons (Fsp3) is 0.333. The van der Waals surface area contributed by atoms with Gasteiger partial charge in [-0.25, -0.2) is 16.8 Å². The average Bonchev–Trinajstić information content (AvgIpc) is 3.17. The first-order chi connectivity index (χ1) is 27.6. The quantitative estimate of drug-likeness (QED) is 0.0782. The number of fused-ring (bicyclic) bond motifs is 9. The van der Waals surface area contributed by atoms with Gasteiger partial charge in [0.05, 0.1) is 16.5 Å². The van der Waals surface area contributed by atoms with Crippen molar-refractivity contribution in [2.45, 2.75) is 76.5 Å². The SMILES string of the molecule is Cc1c(C)c2c(c3c1CC[n+]1ccc(/C=C/c4cc5c6c(c4)CCCN6CCC5)cc1-3)-c1c3ccccc3cc[n+]1CC2.O=S(=O)([O-])C(F)(F)F.O=S(=O)([O-])C(F)(F)F. The van der Waals surface area contributed by atoms with E-state index in [1.54, 1.807) is 22.4 Å². The minimum atomic E-state index is -6.09. The molecule has 3 aromatic carbocycles. The summed E-state index contributed by atoms with van der Waals surface area (Å²) in [6, 6.07) is 20.9. The Kier molecular flexibility index (Phi) is 11.2. The number of hydrogen-bond acceptors (Lipinski definition) is 7. The van der Waals surface area contributed by atoms with E-state index >= 15 is 0 Å². The maximum atomic E-state index is 10.7. The third kappa shape index (κ3) is 8.34. The van der Waals surface area contributed by atoms with Gasteiger partial charge in [0.1, 0.15) is 0 Å². The zero-order chi connectivity index (χ0) is 42.7. The molecule has 0 fully saturated rings. The van der Waals surface area contributed by atoms with Crippen LogP contribution in [0.25, 0.3) is 45.4 Å². The lowest BCUT2D eigenvalue weighted by molar-refractivity contribution is -0.689. The molecule has 0 amide bonds. The molecule has 0 N–H and O–H groups in total. The molecule has 6 heterocycles. The van der Waals surface area contributed by atoms with Gasteiger partial charge in [-0.05, 0) is 108 Å². The van der Waals surface area contributed by atoms with E-state index in [4.69, 9.17) is 25.9 Å². The van der Waals surface area contributed by atoms with Gasteiger partial charge in [0, 0.05) is 49.8 Å². The van der Waals surface area contributed by atoms with Gasteiger partial charge >= 0.3 is 11.0 Å². The van der Waals surface area contributed by atoms with Crippen LogP contribution in [0.15, 0.2) is 67.0 Å². The molecule has 0 bridgehead atoms. The number of aromatic nitrogens is 2. The van der Waals surface area contributed by atoms with Crippen LogP contribution in [0.4, 0.5) is 32.0 Å².